The molecule has 3 fully saturated rings. The van der Waals surface area contributed by atoms with E-state index in [-0.39, 0.29) is 0 Å². The Morgan fingerprint density at radius 3 is 2.31 bits per heavy atom. The number of rotatable bonds is 2. The molecule has 0 aromatic carbocycles. The standard InChI is InChI=1S/C13H23NO2/c1-2-12(8-14-5-1)13(9-16-10-13)11-3-6-15-7-4-11/h11-12,14H,1-10H2. The van der Waals surface area contributed by atoms with Crippen molar-refractivity contribution in [2.45, 2.75) is 25.7 Å². The number of hydrogen-bond acceptors (Lipinski definition) is 3. The lowest BCUT2D eigenvalue weighted by molar-refractivity contribution is -0.195. The topological polar surface area (TPSA) is 30.5 Å². The highest BCUT2D eigenvalue weighted by molar-refractivity contribution is 4.99. The van der Waals surface area contributed by atoms with Crippen LogP contribution in [0.3, 0.4) is 0 Å². The van der Waals surface area contributed by atoms with Crippen molar-refractivity contribution < 1.29 is 9.47 Å². The number of hydrogen-bond donors (Lipinski definition) is 1. The first-order valence-corrected chi connectivity index (χ1v) is 6.78. The molecule has 3 rings (SSSR count). The largest absolute Gasteiger partial charge is 0.381 e. The maximum atomic E-state index is 5.58. The summed E-state index contributed by atoms with van der Waals surface area (Å²) in [6, 6.07) is 0. The Bertz CT molecular complexity index is 208. The van der Waals surface area contributed by atoms with Gasteiger partial charge in [-0.3, -0.25) is 0 Å². The Balaban J connectivity index is 1.70. The molecule has 0 spiro atoms. The van der Waals surface area contributed by atoms with Crippen LogP contribution >= 0.6 is 0 Å². The summed E-state index contributed by atoms with van der Waals surface area (Å²) in [4.78, 5) is 0. The molecule has 3 aliphatic rings. The van der Waals surface area contributed by atoms with Crippen LogP contribution in [0.2, 0.25) is 0 Å². The van der Waals surface area contributed by atoms with Gasteiger partial charge in [0.25, 0.3) is 0 Å². The molecule has 3 saturated heterocycles. The van der Waals surface area contributed by atoms with Crippen LogP contribution in [-0.4, -0.2) is 39.5 Å². The lowest BCUT2D eigenvalue weighted by Gasteiger charge is -2.54. The van der Waals surface area contributed by atoms with E-state index in [1.807, 2.05) is 0 Å². The zero-order chi connectivity index (χ0) is 10.8. The fraction of sp³-hybridized carbons (Fsp3) is 1.00. The molecule has 1 atom stereocenters. The third kappa shape index (κ3) is 1.79. The van der Waals surface area contributed by atoms with Crippen LogP contribution in [0.4, 0.5) is 0 Å². The predicted octanol–water partition coefficient (Wildman–Crippen LogP) is 1.43. The highest BCUT2D eigenvalue weighted by atomic mass is 16.5. The summed E-state index contributed by atoms with van der Waals surface area (Å²) in [6.07, 6.45) is 5.24. The Hall–Kier alpha value is -0.120. The van der Waals surface area contributed by atoms with Crippen molar-refractivity contribution in [2.24, 2.45) is 17.3 Å². The van der Waals surface area contributed by atoms with Gasteiger partial charge in [-0.25, -0.2) is 0 Å². The SMILES string of the molecule is C1CNCC(C2(C3CCOCC3)COC2)C1. The summed E-state index contributed by atoms with van der Waals surface area (Å²) in [7, 11) is 0. The Morgan fingerprint density at radius 2 is 1.75 bits per heavy atom. The maximum absolute atomic E-state index is 5.58. The quantitative estimate of drug-likeness (QED) is 0.771. The molecule has 3 aliphatic heterocycles. The van der Waals surface area contributed by atoms with Crippen LogP contribution in [0.5, 0.6) is 0 Å². The summed E-state index contributed by atoms with van der Waals surface area (Å²) in [5, 5.41) is 3.56. The van der Waals surface area contributed by atoms with Gasteiger partial charge < -0.3 is 14.8 Å². The molecule has 3 heteroatoms. The van der Waals surface area contributed by atoms with Gasteiger partial charge in [-0.1, -0.05) is 0 Å². The molecule has 0 saturated carbocycles. The van der Waals surface area contributed by atoms with Gasteiger partial charge in [0.1, 0.15) is 0 Å². The average molecular weight is 225 g/mol. The smallest absolute Gasteiger partial charge is 0.0550 e. The third-order valence-electron chi connectivity index (χ3n) is 4.89. The summed E-state index contributed by atoms with van der Waals surface area (Å²) in [5.74, 6) is 1.69. The van der Waals surface area contributed by atoms with Crippen molar-refractivity contribution in [1.29, 1.82) is 0 Å². The molecule has 0 aromatic rings. The van der Waals surface area contributed by atoms with Gasteiger partial charge in [0.15, 0.2) is 0 Å². The first-order valence-electron chi connectivity index (χ1n) is 6.78. The molecular weight excluding hydrogens is 202 g/mol. The van der Waals surface area contributed by atoms with E-state index in [0.717, 1.165) is 38.3 Å². The van der Waals surface area contributed by atoms with E-state index in [1.165, 1.54) is 38.8 Å². The number of nitrogens with one attached hydrogen (secondary N) is 1. The van der Waals surface area contributed by atoms with Gasteiger partial charge in [0.2, 0.25) is 0 Å². The second-order valence-corrected chi connectivity index (χ2v) is 5.66. The van der Waals surface area contributed by atoms with E-state index in [1.54, 1.807) is 0 Å². The van der Waals surface area contributed by atoms with E-state index in [0.29, 0.717) is 5.41 Å². The monoisotopic (exact) mass is 225 g/mol. The minimum absolute atomic E-state index is 0.497. The minimum Gasteiger partial charge on any atom is -0.381 e. The lowest BCUT2D eigenvalue weighted by atomic mass is 9.61. The fourth-order valence-corrected chi connectivity index (χ4v) is 3.76. The van der Waals surface area contributed by atoms with Crippen LogP contribution in [0.25, 0.3) is 0 Å². The van der Waals surface area contributed by atoms with Gasteiger partial charge in [-0.15, -0.1) is 0 Å². The van der Waals surface area contributed by atoms with E-state index in [9.17, 15) is 0 Å². The van der Waals surface area contributed by atoms with Crippen molar-refractivity contribution in [2.75, 3.05) is 39.5 Å². The third-order valence-corrected chi connectivity index (χ3v) is 4.89. The van der Waals surface area contributed by atoms with Crippen molar-refractivity contribution in [1.82, 2.24) is 5.32 Å². The molecular formula is C13H23NO2. The first-order chi connectivity index (χ1) is 7.92. The van der Waals surface area contributed by atoms with Crippen molar-refractivity contribution in [3.8, 4) is 0 Å². The molecule has 1 unspecified atom stereocenters. The molecule has 0 aromatic heterocycles. The van der Waals surface area contributed by atoms with Crippen LogP contribution in [0.1, 0.15) is 25.7 Å². The fourth-order valence-electron chi connectivity index (χ4n) is 3.76. The average Bonchev–Trinajstić information content (AvgIpc) is 2.31. The molecule has 1 N–H and O–H groups in total. The molecule has 3 heterocycles. The number of ether oxygens (including phenoxy) is 2. The van der Waals surface area contributed by atoms with Crippen LogP contribution in [-0.2, 0) is 9.47 Å². The van der Waals surface area contributed by atoms with Gasteiger partial charge in [0.05, 0.1) is 13.2 Å². The predicted molar refractivity (Wildman–Crippen MR) is 62.4 cm³/mol. The minimum atomic E-state index is 0.497. The highest BCUT2D eigenvalue weighted by Crippen LogP contribution is 2.48. The second-order valence-electron chi connectivity index (χ2n) is 5.66. The zero-order valence-electron chi connectivity index (χ0n) is 10.0. The molecule has 0 radical (unpaired) electrons. The summed E-state index contributed by atoms with van der Waals surface area (Å²) >= 11 is 0. The summed E-state index contributed by atoms with van der Waals surface area (Å²) in [6.45, 7) is 6.36. The van der Waals surface area contributed by atoms with Gasteiger partial charge in [0, 0.05) is 18.6 Å². The number of piperidine rings is 1. The van der Waals surface area contributed by atoms with E-state index in [4.69, 9.17) is 9.47 Å². The van der Waals surface area contributed by atoms with Gasteiger partial charge in [-0.05, 0) is 50.6 Å². The van der Waals surface area contributed by atoms with Crippen LogP contribution in [0.15, 0.2) is 0 Å². The zero-order valence-corrected chi connectivity index (χ0v) is 10.0. The molecule has 0 bridgehead atoms. The van der Waals surface area contributed by atoms with E-state index < -0.39 is 0 Å². The van der Waals surface area contributed by atoms with Crippen molar-refractivity contribution in [3.05, 3.63) is 0 Å². The normalized spacial score (nSPS) is 35.6. The lowest BCUT2D eigenvalue weighted by Crippen LogP contribution is -2.58. The van der Waals surface area contributed by atoms with Crippen molar-refractivity contribution >= 4 is 0 Å². The van der Waals surface area contributed by atoms with Crippen molar-refractivity contribution in [3.63, 3.8) is 0 Å². The van der Waals surface area contributed by atoms with Crippen LogP contribution in [0, 0.1) is 17.3 Å². The second kappa shape index (κ2) is 4.63. The van der Waals surface area contributed by atoms with Gasteiger partial charge in [-0.2, -0.15) is 0 Å². The molecule has 3 nitrogen and oxygen atoms in total. The summed E-state index contributed by atoms with van der Waals surface area (Å²) < 4.78 is 11.1. The molecule has 92 valence electrons. The maximum Gasteiger partial charge on any atom is 0.0550 e. The van der Waals surface area contributed by atoms with E-state index in [2.05, 4.69) is 5.32 Å². The van der Waals surface area contributed by atoms with Crippen LogP contribution < -0.4 is 5.32 Å². The van der Waals surface area contributed by atoms with E-state index >= 15 is 0 Å². The molecule has 16 heavy (non-hydrogen) atoms. The Labute approximate surface area is 97.9 Å². The van der Waals surface area contributed by atoms with Gasteiger partial charge >= 0.3 is 0 Å². The summed E-state index contributed by atoms with van der Waals surface area (Å²) in [5.41, 5.74) is 0.497. The Morgan fingerprint density at radius 1 is 0.938 bits per heavy atom. The first kappa shape index (κ1) is 11.0. The molecule has 0 amide bonds. The highest BCUT2D eigenvalue weighted by Gasteiger charge is 2.51. The Kier molecular flexibility index (Phi) is 3.18. The molecule has 0 aliphatic carbocycles.